The summed E-state index contributed by atoms with van der Waals surface area (Å²) in [6.45, 7) is 1.69. The number of rotatable bonds is 1. The lowest BCUT2D eigenvalue weighted by molar-refractivity contribution is -0.156. The van der Waals surface area contributed by atoms with Gasteiger partial charge in [-0.3, -0.25) is 9.59 Å². The van der Waals surface area contributed by atoms with E-state index >= 15 is 0 Å². The van der Waals surface area contributed by atoms with Gasteiger partial charge in [-0.25, -0.2) is 0 Å². The van der Waals surface area contributed by atoms with Gasteiger partial charge in [0, 0.05) is 6.42 Å². The van der Waals surface area contributed by atoms with Crippen molar-refractivity contribution in [2.75, 3.05) is 0 Å². The van der Waals surface area contributed by atoms with Crippen LogP contribution in [-0.4, -0.2) is 28.0 Å². The zero-order valence-corrected chi connectivity index (χ0v) is 9.28. The predicted octanol–water partition coefficient (Wildman–Crippen LogP) is 1.18. The van der Waals surface area contributed by atoms with Crippen molar-refractivity contribution in [3.8, 4) is 0 Å². The molecule has 0 aromatic carbocycles. The monoisotopic (exact) mass is 262 g/mol. The van der Waals surface area contributed by atoms with E-state index in [4.69, 9.17) is 9.84 Å². The zero-order valence-electron chi connectivity index (χ0n) is 7.70. The lowest BCUT2D eigenvalue weighted by Gasteiger charge is -2.32. The van der Waals surface area contributed by atoms with E-state index in [-0.39, 0.29) is 16.9 Å². The predicted molar refractivity (Wildman–Crippen MR) is 51.1 cm³/mol. The van der Waals surface area contributed by atoms with Crippen molar-refractivity contribution in [3.63, 3.8) is 0 Å². The number of ether oxygens (including phenoxy) is 1. The first-order chi connectivity index (χ1) is 6.45. The van der Waals surface area contributed by atoms with Crippen LogP contribution >= 0.6 is 15.9 Å². The quantitative estimate of drug-likeness (QED) is 0.570. The molecule has 0 radical (unpaired) electrons. The lowest BCUT2D eigenvalue weighted by atomic mass is 9.68. The molecular weight excluding hydrogens is 252 g/mol. The molecule has 1 N–H and O–H groups in total. The number of carboxylic acids is 1. The Kier molecular flexibility index (Phi) is 2.10. The molecule has 1 aliphatic carbocycles. The van der Waals surface area contributed by atoms with Crippen LogP contribution in [0.5, 0.6) is 0 Å². The number of aliphatic carboxylic acids is 1. The molecule has 78 valence electrons. The molecular formula is C9H11BrO4. The van der Waals surface area contributed by atoms with Gasteiger partial charge in [-0.15, -0.1) is 0 Å². The Labute approximate surface area is 89.7 Å². The van der Waals surface area contributed by atoms with E-state index < -0.39 is 17.3 Å². The van der Waals surface area contributed by atoms with Crippen LogP contribution in [-0.2, 0) is 14.3 Å². The highest BCUT2D eigenvalue weighted by atomic mass is 79.9. The second-order valence-corrected chi connectivity index (χ2v) is 5.38. The van der Waals surface area contributed by atoms with E-state index in [1.165, 1.54) is 0 Å². The first-order valence-corrected chi connectivity index (χ1v) is 5.44. The highest BCUT2D eigenvalue weighted by Gasteiger charge is 2.59. The minimum atomic E-state index is -0.908. The summed E-state index contributed by atoms with van der Waals surface area (Å²) < 4.78 is 5.13. The van der Waals surface area contributed by atoms with Crippen molar-refractivity contribution in [2.45, 2.75) is 30.7 Å². The Balaban J connectivity index is 2.35. The number of hydrogen-bond acceptors (Lipinski definition) is 3. The summed E-state index contributed by atoms with van der Waals surface area (Å²) in [4.78, 5) is 22.5. The molecule has 1 heterocycles. The summed E-state index contributed by atoms with van der Waals surface area (Å²) in [5.74, 6) is -1.90. The highest BCUT2D eigenvalue weighted by Crippen LogP contribution is 2.50. The average molecular weight is 263 g/mol. The molecule has 2 bridgehead atoms. The maximum atomic E-state index is 11.5. The van der Waals surface area contributed by atoms with Crippen molar-refractivity contribution in [2.24, 2.45) is 11.3 Å². The highest BCUT2D eigenvalue weighted by molar-refractivity contribution is 9.09. The fraction of sp³-hybridized carbons (Fsp3) is 0.778. The summed E-state index contributed by atoms with van der Waals surface area (Å²) in [6.07, 6.45) is 0.823. The van der Waals surface area contributed by atoms with E-state index in [0.717, 1.165) is 0 Å². The molecule has 4 nitrogen and oxygen atoms in total. The molecule has 0 spiro atoms. The number of alkyl halides is 1. The van der Waals surface area contributed by atoms with Gasteiger partial charge in [-0.05, 0) is 13.3 Å². The summed E-state index contributed by atoms with van der Waals surface area (Å²) in [5.41, 5.74) is -0.819. The van der Waals surface area contributed by atoms with E-state index in [1.807, 2.05) is 0 Å². The molecule has 1 aliphatic heterocycles. The van der Waals surface area contributed by atoms with Crippen LogP contribution in [0.1, 0.15) is 19.8 Å². The Hall–Kier alpha value is -0.580. The molecule has 0 aromatic rings. The first-order valence-electron chi connectivity index (χ1n) is 4.53. The summed E-state index contributed by atoms with van der Waals surface area (Å²) in [5, 5.41) is 9.03. The number of hydrogen-bond donors (Lipinski definition) is 1. The number of carbonyl (C=O) groups is 2. The summed E-state index contributed by atoms with van der Waals surface area (Å²) >= 11 is 3.36. The Morgan fingerprint density at radius 3 is 2.93 bits per heavy atom. The molecule has 2 aliphatic rings. The average Bonchev–Trinajstić information content (AvgIpc) is 2.34. The maximum Gasteiger partial charge on any atom is 0.313 e. The van der Waals surface area contributed by atoms with E-state index in [2.05, 4.69) is 15.9 Å². The van der Waals surface area contributed by atoms with Gasteiger partial charge in [0.15, 0.2) is 0 Å². The molecule has 0 amide bonds. The second kappa shape index (κ2) is 2.95. The van der Waals surface area contributed by atoms with Gasteiger partial charge in [0.1, 0.15) is 6.10 Å². The van der Waals surface area contributed by atoms with Gasteiger partial charge in [-0.2, -0.15) is 0 Å². The van der Waals surface area contributed by atoms with Crippen LogP contribution in [0, 0.1) is 11.3 Å². The van der Waals surface area contributed by atoms with Crippen LogP contribution in [0.4, 0.5) is 0 Å². The van der Waals surface area contributed by atoms with Crippen molar-refractivity contribution < 1.29 is 19.4 Å². The number of esters is 1. The van der Waals surface area contributed by atoms with Crippen LogP contribution in [0.3, 0.4) is 0 Å². The normalized spacial score (nSPS) is 46.1. The first kappa shape index (κ1) is 9.96. The van der Waals surface area contributed by atoms with Crippen LogP contribution in [0.25, 0.3) is 0 Å². The fourth-order valence-electron chi connectivity index (χ4n) is 2.31. The minimum absolute atomic E-state index is 0.0249. The molecule has 4 atom stereocenters. The molecule has 0 unspecified atom stereocenters. The number of halogens is 1. The molecule has 14 heavy (non-hydrogen) atoms. The van der Waals surface area contributed by atoms with Gasteiger partial charge < -0.3 is 9.84 Å². The Bertz CT molecular complexity index is 303. The van der Waals surface area contributed by atoms with E-state index in [0.29, 0.717) is 12.8 Å². The molecule has 5 heteroatoms. The van der Waals surface area contributed by atoms with Crippen LogP contribution in [0.15, 0.2) is 0 Å². The molecule has 2 fully saturated rings. The zero-order chi connectivity index (χ0) is 10.5. The topological polar surface area (TPSA) is 63.6 Å². The van der Waals surface area contributed by atoms with Crippen LogP contribution < -0.4 is 0 Å². The molecule has 1 saturated heterocycles. The van der Waals surface area contributed by atoms with Gasteiger partial charge in [0.25, 0.3) is 0 Å². The van der Waals surface area contributed by atoms with Crippen molar-refractivity contribution in [1.82, 2.24) is 0 Å². The third kappa shape index (κ3) is 1.18. The van der Waals surface area contributed by atoms with Crippen LogP contribution in [0.2, 0.25) is 0 Å². The van der Waals surface area contributed by atoms with E-state index in [1.54, 1.807) is 6.92 Å². The van der Waals surface area contributed by atoms with Gasteiger partial charge in [0.05, 0.1) is 16.2 Å². The van der Waals surface area contributed by atoms with Gasteiger partial charge >= 0.3 is 11.9 Å². The lowest BCUT2D eigenvalue weighted by Crippen LogP contribution is -2.42. The molecule has 1 saturated carbocycles. The number of carbonyl (C=O) groups excluding carboxylic acids is 1. The second-order valence-electron chi connectivity index (χ2n) is 4.21. The summed E-state index contributed by atoms with van der Waals surface area (Å²) in [7, 11) is 0. The van der Waals surface area contributed by atoms with E-state index in [9.17, 15) is 9.59 Å². The van der Waals surface area contributed by atoms with Gasteiger partial charge in [0.2, 0.25) is 0 Å². The standard InChI is InChI=1S/C9H11BrO4/c1-9-3-6(14-8(9)13)5(10)2-4(9)7(11)12/h4-6H,2-3H2,1H3,(H,11,12)/t4-,5+,6+,9-/m0/s1. The van der Waals surface area contributed by atoms with Crippen molar-refractivity contribution >= 4 is 27.9 Å². The third-order valence-corrected chi connectivity index (χ3v) is 4.24. The minimum Gasteiger partial charge on any atom is -0.481 e. The Morgan fingerprint density at radius 2 is 2.36 bits per heavy atom. The van der Waals surface area contributed by atoms with Crippen molar-refractivity contribution in [3.05, 3.63) is 0 Å². The third-order valence-electron chi connectivity index (χ3n) is 3.28. The largest absolute Gasteiger partial charge is 0.481 e. The SMILES string of the molecule is C[C@@]12C[C@@H](OC1=O)[C@H](Br)C[C@H]2C(=O)O. The smallest absolute Gasteiger partial charge is 0.313 e. The maximum absolute atomic E-state index is 11.5. The van der Waals surface area contributed by atoms with Crippen molar-refractivity contribution in [1.29, 1.82) is 0 Å². The van der Waals surface area contributed by atoms with Gasteiger partial charge in [-0.1, -0.05) is 15.9 Å². The molecule has 0 aromatic heterocycles. The number of carboxylic acid groups (broad SMARTS) is 1. The summed E-state index contributed by atoms with van der Waals surface area (Å²) in [6, 6.07) is 0. The molecule has 2 rings (SSSR count). The number of fused-ring (bicyclic) bond motifs is 2. The fourth-order valence-corrected chi connectivity index (χ4v) is 2.98. The Morgan fingerprint density at radius 1 is 1.71 bits per heavy atom.